The molecule has 17 heavy (non-hydrogen) atoms. The molecule has 96 valence electrons. The van der Waals surface area contributed by atoms with Crippen molar-refractivity contribution in [2.45, 2.75) is 50.7 Å². The molecular weight excluding hydrogens is 220 g/mol. The molecule has 2 amide bonds. The van der Waals surface area contributed by atoms with Crippen LogP contribution in [0.25, 0.3) is 0 Å². The molecule has 2 rings (SSSR count). The molecule has 5 heteroatoms. The third-order valence-corrected chi connectivity index (χ3v) is 3.69. The fourth-order valence-corrected chi connectivity index (χ4v) is 2.54. The molecule has 0 spiro atoms. The normalized spacial score (nSPS) is 33.9. The van der Waals surface area contributed by atoms with Crippen molar-refractivity contribution in [2.75, 3.05) is 6.54 Å². The first-order valence-corrected chi connectivity index (χ1v) is 6.42. The Morgan fingerprint density at radius 3 is 2.71 bits per heavy atom. The summed E-state index contributed by atoms with van der Waals surface area (Å²) in [5.41, 5.74) is 0. The van der Waals surface area contributed by atoms with Crippen LogP contribution >= 0.6 is 0 Å². The highest BCUT2D eigenvalue weighted by molar-refractivity contribution is 5.83. The Hall–Kier alpha value is -1.10. The summed E-state index contributed by atoms with van der Waals surface area (Å²) in [6.45, 7) is 0.424. The molecule has 1 aliphatic heterocycles. The van der Waals surface area contributed by atoms with Gasteiger partial charge in [-0.2, -0.15) is 0 Å². The van der Waals surface area contributed by atoms with Gasteiger partial charge in [-0.15, -0.1) is 0 Å². The van der Waals surface area contributed by atoms with E-state index in [1.807, 2.05) is 0 Å². The largest absolute Gasteiger partial charge is 0.391 e. The molecule has 0 aromatic rings. The van der Waals surface area contributed by atoms with Crippen molar-refractivity contribution < 1.29 is 14.7 Å². The van der Waals surface area contributed by atoms with E-state index in [0.29, 0.717) is 19.4 Å². The van der Waals surface area contributed by atoms with Crippen molar-refractivity contribution in [3.05, 3.63) is 0 Å². The van der Waals surface area contributed by atoms with E-state index in [9.17, 15) is 14.7 Å². The smallest absolute Gasteiger partial charge is 0.225 e. The fraction of sp³-hybridized carbons (Fsp3) is 0.833. The monoisotopic (exact) mass is 240 g/mol. The van der Waals surface area contributed by atoms with Gasteiger partial charge in [0.2, 0.25) is 11.8 Å². The molecule has 3 atom stereocenters. The molecule has 3 unspecified atom stereocenters. The Labute approximate surface area is 101 Å². The number of piperidine rings is 1. The van der Waals surface area contributed by atoms with Gasteiger partial charge in [-0.3, -0.25) is 9.59 Å². The summed E-state index contributed by atoms with van der Waals surface area (Å²) in [5, 5.41) is 15.4. The van der Waals surface area contributed by atoms with Gasteiger partial charge in [-0.05, 0) is 19.3 Å². The zero-order chi connectivity index (χ0) is 12.3. The molecule has 0 aromatic heterocycles. The number of rotatable bonds is 2. The van der Waals surface area contributed by atoms with E-state index in [4.69, 9.17) is 0 Å². The van der Waals surface area contributed by atoms with Crippen LogP contribution in [0, 0.1) is 5.92 Å². The average molecular weight is 240 g/mol. The molecule has 0 radical (unpaired) electrons. The van der Waals surface area contributed by atoms with Crippen LogP contribution in [-0.4, -0.2) is 35.6 Å². The lowest BCUT2D eigenvalue weighted by atomic mass is 9.91. The van der Waals surface area contributed by atoms with Crippen molar-refractivity contribution in [3.63, 3.8) is 0 Å². The Balaban J connectivity index is 1.81. The molecule has 0 aromatic carbocycles. The van der Waals surface area contributed by atoms with Crippen molar-refractivity contribution in [1.29, 1.82) is 0 Å². The lowest BCUT2D eigenvalue weighted by Crippen LogP contribution is -2.50. The lowest BCUT2D eigenvalue weighted by Gasteiger charge is -2.30. The summed E-state index contributed by atoms with van der Waals surface area (Å²) in [7, 11) is 0. The van der Waals surface area contributed by atoms with Crippen LogP contribution in [0.4, 0.5) is 0 Å². The van der Waals surface area contributed by atoms with E-state index in [1.165, 1.54) is 0 Å². The highest BCUT2D eigenvalue weighted by Gasteiger charge is 2.29. The number of hydrogen-bond acceptors (Lipinski definition) is 3. The number of aliphatic hydroxyl groups is 1. The van der Waals surface area contributed by atoms with Gasteiger partial charge in [0.05, 0.1) is 18.1 Å². The fourth-order valence-electron chi connectivity index (χ4n) is 2.54. The van der Waals surface area contributed by atoms with Gasteiger partial charge in [-0.25, -0.2) is 0 Å². The molecule has 1 heterocycles. The third kappa shape index (κ3) is 3.19. The predicted octanol–water partition coefficient (Wildman–Crippen LogP) is -0.0677. The molecule has 3 N–H and O–H groups in total. The number of carbonyl (C=O) groups is 2. The zero-order valence-electron chi connectivity index (χ0n) is 9.95. The second-order valence-corrected chi connectivity index (χ2v) is 5.01. The first-order chi connectivity index (χ1) is 8.16. The van der Waals surface area contributed by atoms with Gasteiger partial charge in [0, 0.05) is 13.0 Å². The van der Waals surface area contributed by atoms with Gasteiger partial charge in [0.15, 0.2) is 0 Å². The van der Waals surface area contributed by atoms with Gasteiger partial charge >= 0.3 is 0 Å². The maximum absolute atomic E-state index is 11.9. The number of carbonyl (C=O) groups excluding carboxylic acids is 2. The molecule has 1 saturated heterocycles. The van der Waals surface area contributed by atoms with Crippen molar-refractivity contribution in [3.8, 4) is 0 Å². The van der Waals surface area contributed by atoms with E-state index in [0.717, 1.165) is 25.7 Å². The number of amides is 2. The third-order valence-electron chi connectivity index (χ3n) is 3.69. The van der Waals surface area contributed by atoms with E-state index in [-0.39, 0.29) is 23.8 Å². The van der Waals surface area contributed by atoms with E-state index < -0.39 is 6.10 Å². The van der Waals surface area contributed by atoms with Crippen LogP contribution < -0.4 is 10.6 Å². The van der Waals surface area contributed by atoms with Crippen LogP contribution in [-0.2, 0) is 9.59 Å². The van der Waals surface area contributed by atoms with Gasteiger partial charge < -0.3 is 15.7 Å². The number of hydrogen-bond donors (Lipinski definition) is 3. The minimum absolute atomic E-state index is 0.0201. The molecule has 1 aliphatic carbocycles. The van der Waals surface area contributed by atoms with E-state index in [1.54, 1.807) is 0 Å². The topological polar surface area (TPSA) is 78.4 Å². The number of nitrogens with one attached hydrogen (secondary N) is 2. The van der Waals surface area contributed by atoms with Crippen LogP contribution in [0.3, 0.4) is 0 Å². The SMILES string of the molecule is O=C1CCC(C(=O)NC2CCCCC2O)CN1. The second kappa shape index (κ2) is 5.49. The molecule has 2 fully saturated rings. The molecule has 5 nitrogen and oxygen atoms in total. The number of aliphatic hydroxyl groups excluding tert-OH is 1. The Bertz CT molecular complexity index is 296. The first kappa shape index (κ1) is 12.4. The summed E-state index contributed by atoms with van der Waals surface area (Å²) in [6, 6.07) is -0.103. The average Bonchev–Trinajstić information content (AvgIpc) is 2.33. The summed E-state index contributed by atoms with van der Waals surface area (Å²) in [4.78, 5) is 22.9. The van der Waals surface area contributed by atoms with Crippen molar-refractivity contribution in [2.24, 2.45) is 5.92 Å². The maximum Gasteiger partial charge on any atom is 0.225 e. The van der Waals surface area contributed by atoms with Crippen LogP contribution in [0.1, 0.15) is 38.5 Å². The highest BCUT2D eigenvalue weighted by atomic mass is 16.3. The van der Waals surface area contributed by atoms with Crippen molar-refractivity contribution in [1.82, 2.24) is 10.6 Å². The Morgan fingerprint density at radius 1 is 1.29 bits per heavy atom. The summed E-state index contributed by atoms with van der Waals surface area (Å²) < 4.78 is 0. The summed E-state index contributed by atoms with van der Waals surface area (Å²) in [5.74, 6) is -0.149. The zero-order valence-corrected chi connectivity index (χ0v) is 9.95. The van der Waals surface area contributed by atoms with Gasteiger partial charge in [0.1, 0.15) is 0 Å². The first-order valence-electron chi connectivity index (χ1n) is 6.42. The van der Waals surface area contributed by atoms with Gasteiger partial charge in [-0.1, -0.05) is 12.8 Å². The summed E-state index contributed by atoms with van der Waals surface area (Å²) >= 11 is 0. The lowest BCUT2D eigenvalue weighted by molar-refractivity contribution is -0.130. The quantitative estimate of drug-likeness (QED) is 0.632. The Morgan fingerprint density at radius 2 is 2.06 bits per heavy atom. The van der Waals surface area contributed by atoms with Crippen LogP contribution in [0.2, 0.25) is 0 Å². The molecule has 2 aliphatic rings. The predicted molar refractivity (Wildman–Crippen MR) is 62.1 cm³/mol. The maximum atomic E-state index is 11.9. The van der Waals surface area contributed by atoms with E-state index >= 15 is 0 Å². The minimum Gasteiger partial charge on any atom is -0.391 e. The molecule has 1 saturated carbocycles. The molecular formula is C12H20N2O3. The van der Waals surface area contributed by atoms with E-state index in [2.05, 4.69) is 10.6 Å². The Kier molecular flexibility index (Phi) is 3.99. The van der Waals surface area contributed by atoms with Crippen LogP contribution in [0.5, 0.6) is 0 Å². The molecule has 0 bridgehead atoms. The second-order valence-electron chi connectivity index (χ2n) is 5.01. The van der Waals surface area contributed by atoms with Crippen molar-refractivity contribution >= 4 is 11.8 Å². The van der Waals surface area contributed by atoms with Crippen LogP contribution in [0.15, 0.2) is 0 Å². The van der Waals surface area contributed by atoms with Gasteiger partial charge in [0.25, 0.3) is 0 Å². The minimum atomic E-state index is -0.411. The summed E-state index contributed by atoms with van der Waals surface area (Å²) in [6.07, 6.45) is 4.34. The highest BCUT2D eigenvalue weighted by Crippen LogP contribution is 2.19. The standard InChI is InChI=1S/C12H20N2O3/c15-10-4-2-1-3-9(10)14-12(17)8-5-6-11(16)13-7-8/h8-10,15H,1-7H2,(H,13,16)(H,14,17).